The lowest BCUT2D eigenvalue weighted by molar-refractivity contribution is 0.00535. The molecule has 0 unspecified atom stereocenters. The number of alkyl halides is 1. The molecule has 0 aromatic carbocycles. The standard InChI is InChI=1S/C12H23FN2O2/c1-12(2,3)17-11(16)15-8-10(9-15)14-7-5-4-6-13/h10,14H,4-9H2,1-3H3. The molecule has 0 atom stereocenters. The van der Waals surface area contributed by atoms with Gasteiger partial charge in [0.05, 0.1) is 6.67 Å². The van der Waals surface area contributed by atoms with E-state index in [1.54, 1.807) is 4.90 Å². The van der Waals surface area contributed by atoms with Gasteiger partial charge in [0.15, 0.2) is 0 Å². The lowest BCUT2D eigenvalue weighted by Gasteiger charge is -2.40. The SMILES string of the molecule is CC(C)(C)OC(=O)N1CC(NCCCCF)C1. The van der Waals surface area contributed by atoms with Crippen LogP contribution in [0.1, 0.15) is 33.6 Å². The summed E-state index contributed by atoms with van der Waals surface area (Å²) >= 11 is 0. The van der Waals surface area contributed by atoms with Gasteiger partial charge < -0.3 is 15.0 Å². The van der Waals surface area contributed by atoms with Crippen LogP contribution in [-0.2, 0) is 4.74 Å². The molecule has 0 spiro atoms. The summed E-state index contributed by atoms with van der Waals surface area (Å²) < 4.78 is 17.1. The highest BCUT2D eigenvalue weighted by molar-refractivity contribution is 5.69. The Hall–Kier alpha value is -0.840. The van der Waals surface area contributed by atoms with E-state index in [1.165, 1.54) is 0 Å². The van der Waals surface area contributed by atoms with E-state index in [0.29, 0.717) is 25.6 Å². The zero-order chi connectivity index (χ0) is 12.9. The van der Waals surface area contributed by atoms with E-state index in [0.717, 1.165) is 13.0 Å². The molecule has 100 valence electrons. The van der Waals surface area contributed by atoms with E-state index in [2.05, 4.69) is 5.32 Å². The summed E-state index contributed by atoms with van der Waals surface area (Å²) in [5.74, 6) is 0. The van der Waals surface area contributed by atoms with Crippen molar-refractivity contribution in [1.29, 1.82) is 0 Å². The zero-order valence-electron chi connectivity index (χ0n) is 11.0. The molecule has 1 aliphatic rings. The van der Waals surface area contributed by atoms with Gasteiger partial charge in [-0.05, 0) is 40.2 Å². The second kappa shape index (κ2) is 6.19. The Morgan fingerprint density at radius 2 is 2.06 bits per heavy atom. The third-order valence-electron chi connectivity index (χ3n) is 2.53. The number of hydrogen-bond acceptors (Lipinski definition) is 3. The van der Waals surface area contributed by atoms with Crippen molar-refractivity contribution in [2.45, 2.75) is 45.3 Å². The van der Waals surface area contributed by atoms with E-state index >= 15 is 0 Å². The molecule has 17 heavy (non-hydrogen) atoms. The molecule has 4 nitrogen and oxygen atoms in total. The molecule has 0 saturated carbocycles. The number of halogens is 1. The molecule has 0 aromatic rings. The Labute approximate surface area is 102 Å². The fourth-order valence-corrected chi connectivity index (χ4v) is 1.61. The molecule has 1 fully saturated rings. The predicted octanol–water partition coefficient (Wildman–Crippen LogP) is 1.95. The van der Waals surface area contributed by atoms with Crippen molar-refractivity contribution >= 4 is 6.09 Å². The predicted molar refractivity (Wildman–Crippen MR) is 64.8 cm³/mol. The van der Waals surface area contributed by atoms with Crippen LogP contribution >= 0.6 is 0 Å². The number of nitrogens with one attached hydrogen (secondary N) is 1. The second-order valence-corrected chi connectivity index (χ2v) is 5.43. The maximum atomic E-state index is 11.8. The molecule has 1 amide bonds. The number of likely N-dealkylation sites (tertiary alicyclic amines) is 1. The molecule has 0 aromatic heterocycles. The average molecular weight is 246 g/mol. The summed E-state index contributed by atoms with van der Waals surface area (Å²) in [6.07, 6.45) is 1.20. The van der Waals surface area contributed by atoms with Crippen LogP contribution in [0.3, 0.4) is 0 Å². The smallest absolute Gasteiger partial charge is 0.410 e. The highest BCUT2D eigenvalue weighted by Gasteiger charge is 2.32. The first-order valence-corrected chi connectivity index (χ1v) is 6.19. The summed E-state index contributed by atoms with van der Waals surface area (Å²) in [4.78, 5) is 13.3. The van der Waals surface area contributed by atoms with Gasteiger partial charge >= 0.3 is 6.09 Å². The Morgan fingerprint density at radius 1 is 1.41 bits per heavy atom. The van der Waals surface area contributed by atoms with Crippen LogP contribution in [0.2, 0.25) is 0 Å². The highest BCUT2D eigenvalue weighted by atomic mass is 19.1. The van der Waals surface area contributed by atoms with E-state index in [-0.39, 0.29) is 12.8 Å². The number of amides is 1. The third-order valence-corrected chi connectivity index (χ3v) is 2.53. The number of carbonyl (C=O) groups excluding carboxylic acids is 1. The molecule has 1 aliphatic heterocycles. The zero-order valence-corrected chi connectivity index (χ0v) is 11.0. The van der Waals surface area contributed by atoms with Crippen LogP contribution in [0.4, 0.5) is 9.18 Å². The molecule has 0 aliphatic carbocycles. The van der Waals surface area contributed by atoms with E-state index in [1.807, 2.05) is 20.8 Å². The molecular formula is C12H23FN2O2. The van der Waals surface area contributed by atoms with Crippen LogP contribution in [0.15, 0.2) is 0 Å². The molecule has 0 bridgehead atoms. The molecule has 1 rings (SSSR count). The number of nitrogens with zero attached hydrogens (tertiary/aromatic N) is 1. The van der Waals surface area contributed by atoms with Gasteiger partial charge in [-0.2, -0.15) is 0 Å². The van der Waals surface area contributed by atoms with Gasteiger partial charge in [0.25, 0.3) is 0 Å². The second-order valence-electron chi connectivity index (χ2n) is 5.43. The molecule has 5 heteroatoms. The number of rotatable bonds is 5. The van der Waals surface area contributed by atoms with Gasteiger partial charge in [-0.15, -0.1) is 0 Å². The Morgan fingerprint density at radius 3 is 2.59 bits per heavy atom. The summed E-state index contributed by atoms with van der Waals surface area (Å²) in [6.45, 7) is 7.51. The Balaban J connectivity index is 2.08. The largest absolute Gasteiger partial charge is 0.444 e. The lowest BCUT2D eigenvalue weighted by Crippen LogP contribution is -2.60. The normalized spacial score (nSPS) is 16.8. The maximum Gasteiger partial charge on any atom is 0.410 e. The Kier molecular flexibility index (Phi) is 5.18. The summed E-state index contributed by atoms with van der Waals surface area (Å²) in [5, 5.41) is 3.29. The molecule has 0 radical (unpaired) electrons. The minimum atomic E-state index is -0.434. The summed E-state index contributed by atoms with van der Waals surface area (Å²) in [6, 6.07) is 0.335. The third kappa shape index (κ3) is 5.35. The molecule has 1 heterocycles. The van der Waals surface area contributed by atoms with Crippen molar-refractivity contribution in [3.05, 3.63) is 0 Å². The first kappa shape index (κ1) is 14.2. The number of hydrogen-bond donors (Lipinski definition) is 1. The molecular weight excluding hydrogens is 223 g/mol. The van der Waals surface area contributed by atoms with Crippen molar-refractivity contribution in [2.75, 3.05) is 26.3 Å². The molecule has 1 N–H and O–H groups in total. The fraction of sp³-hybridized carbons (Fsp3) is 0.917. The van der Waals surface area contributed by atoms with Crippen molar-refractivity contribution < 1.29 is 13.9 Å². The fourth-order valence-electron chi connectivity index (χ4n) is 1.61. The quantitative estimate of drug-likeness (QED) is 0.754. The Bertz CT molecular complexity index is 247. The van der Waals surface area contributed by atoms with E-state index < -0.39 is 5.60 Å². The van der Waals surface area contributed by atoms with Gasteiger partial charge in [-0.25, -0.2) is 4.79 Å². The van der Waals surface area contributed by atoms with Crippen LogP contribution in [0.5, 0.6) is 0 Å². The van der Waals surface area contributed by atoms with Crippen molar-refractivity contribution in [3.63, 3.8) is 0 Å². The first-order valence-electron chi connectivity index (χ1n) is 6.19. The topological polar surface area (TPSA) is 41.6 Å². The molecule has 1 saturated heterocycles. The van der Waals surface area contributed by atoms with Gasteiger partial charge in [0.2, 0.25) is 0 Å². The van der Waals surface area contributed by atoms with Crippen molar-refractivity contribution in [1.82, 2.24) is 10.2 Å². The van der Waals surface area contributed by atoms with Crippen LogP contribution in [0, 0.1) is 0 Å². The minimum Gasteiger partial charge on any atom is -0.444 e. The van der Waals surface area contributed by atoms with Gasteiger partial charge in [-0.1, -0.05) is 0 Å². The van der Waals surface area contributed by atoms with Crippen LogP contribution in [-0.4, -0.2) is 48.9 Å². The van der Waals surface area contributed by atoms with E-state index in [4.69, 9.17) is 4.74 Å². The highest BCUT2D eigenvalue weighted by Crippen LogP contribution is 2.15. The average Bonchev–Trinajstić information content (AvgIpc) is 2.11. The minimum absolute atomic E-state index is 0.251. The lowest BCUT2D eigenvalue weighted by atomic mass is 10.1. The monoisotopic (exact) mass is 246 g/mol. The van der Waals surface area contributed by atoms with Gasteiger partial charge in [0.1, 0.15) is 5.60 Å². The van der Waals surface area contributed by atoms with Crippen molar-refractivity contribution in [2.24, 2.45) is 0 Å². The maximum absolute atomic E-state index is 11.8. The van der Waals surface area contributed by atoms with Gasteiger partial charge in [0, 0.05) is 19.1 Å². The number of carbonyl (C=O) groups is 1. The van der Waals surface area contributed by atoms with Crippen LogP contribution < -0.4 is 5.32 Å². The first-order chi connectivity index (χ1) is 7.92. The number of unbranched alkanes of at least 4 members (excludes halogenated alkanes) is 1. The van der Waals surface area contributed by atoms with Crippen LogP contribution in [0.25, 0.3) is 0 Å². The summed E-state index contributed by atoms with van der Waals surface area (Å²) in [5.41, 5.74) is -0.434. The summed E-state index contributed by atoms with van der Waals surface area (Å²) in [7, 11) is 0. The number of ether oxygens (including phenoxy) is 1. The van der Waals surface area contributed by atoms with Crippen molar-refractivity contribution in [3.8, 4) is 0 Å². The van der Waals surface area contributed by atoms with Gasteiger partial charge in [-0.3, -0.25) is 4.39 Å². The van der Waals surface area contributed by atoms with E-state index in [9.17, 15) is 9.18 Å².